The molecule has 1 unspecified atom stereocenters. The fourth-order valence-corrected chi connectivity index (χ4v) is 2.41. The van der Waals surface area contributed by atoms with E-state index >= 15 is 0 Å². The molecule has 0 spiro atoms. The number of ether oxygens (including phenoxy) is 2. The Morgan fingerprint density at radius 1 is 0.905 bits per heavy atom. The molecular formula is C18H23NO2. The molecule has 0 saturated carbocycles. The molecule has 1 N–H and O–H groups in total. The molecule has 0 aliphatic heterocycles. The van der Waals surface area contributed by atoms with Gasteiger partial charge in [0.15, 0.2) is 11.5 Å². The van der Waals surface area contributed by atoms with Crippen LogP contribution < -0.4 is 14.8 Å². The molecule has 0 aliphatic rings. The highest BCUT2D eigenvalue weighted by Crippen LogP contribution is 2.31. The Bertz CT molecular complexity index is 623. The molecule has 112 valence electrons. The van der Waals surface area contributed by atoms with E-state index in [1.807, 2.05) is 12.1 Å². The van der Waals surface area contributed by atoms with Gasteiger partial charge in [-0.3, -0.25) is 0 Å². The van der Waals surface area contributed by atoms with E-state index in [-0.39, 0.29) is 6.04 Å². The average molecular weight is 285 g/mol. The van der Waals surface area contributed by atoms with Gasteiger partial charge < -0.3 is 14.8 Å². The molecule has 0 saturated heterocycles. The molecule has 0 aliphatic carbocycles. The van der Waals surface area contributed by atoms with E-state index in [0.29, 0.717) is 0 Å². The van der Waals surface area contributed by atoms with Crippen molar-refractivity contribution in [2.45, 2.75) is 26.8 Å². The van der Waals surface area contributed by atoms with E-state index in [9.17, 15) is 0 Å². The molecule has 21 heavy (non-hydrogen) atoms. The van der Waals surface area contributed by atoms with E-state index in [2.05, 4.69) is 50.4 Å². The normalized spacial score (nSPS) is 11.9. The largest absolute Gasteiger partial charge is 0.493 e. The number of methoxy groups -OCH3 is 2. The SMILES string of the molecule is COc1ccc(C(C)Nc2ccc(C)cc2C)cc1OC. The summed E-state index contributed by atoms with van der Waals surface area (Å²) in [5.41, 5.74) is 4.84. The number of anilines is 1. The topological polar surface area (TPSA) is 30.5 Å². The smallest absolute Gasteiger partial charge is 0.161 e. The Hall–Kier alpha value is -2.16. The molecule has 3 nitrogen and oxygen atoms in total. The predicted molar refractivity (Wildman–Crippen MR) is 87.5 cm³/mol. The summed E-state index contributed by atoms with van der Waals surface area (Å²) in [6, 6.07) is 12.6. The maximum atomic E-state index is 5.36. The highest BCUT2D eigenvalue weighted by molar-refractivity contribution is 5.54. The van der Waals surface area contributed by atoms with Crippen LogP contribution in [-0.2, 0) is 0 Å². The lowest BCUT2D eigenvalue weighted by molar-refractivity contribution is 0.354. The summed E-state index contributed by atoms with van der Waals surface area (Å²) in [6.07, 6.45) is 0. The number of hydrogen-bond donors (Lipinski definition) is 1. The zero-order valence-corrected chi connectivity index (χ0v) is 13.4. The standard InChI is InChI=1S/C18H23NO2/c1-12-6-8-16(13(2)10-12)19-14(3)15-7-9-17(20-4)18(11-15)21-5/h6-11,14,19H,1-5H3. The van der Waals surface area contributed by atoms with Crippen LogP contribution in [0.15, 0.2) is 36.4 Å². The quantitative estimate of drug-likeness (QED) is 0.877. The van der Waals surface area contributed by atoms with Crippen LogP contribution in [0.3, 0.4) is 0 Å². The first-order chi connectivity index (χ1) is 10.0. The van der Waals surface area contributed by atoms with Gasteiger partial charge in [-0.15, -0.1) is 0 Å². The van der Waals surface area contributed by atoms with Crippen molar-refractivity contribution in [2.75, 3.05) is 19.5 Å². The van der Waals surface area contributed by atoms with Crippen molar-refractivity contribution in [1.29, 1.82) is 0 Å². The van der Waals surface area contributed by atoms with E-state index in [1.54, 1.807) is 14.2 Å². The van der Waals surface area contributed by atoms with Gasteiger partial charge in [0.2, 0.25) is 0 Å². The third-order valence-electron chi connectivity index (χ3n) is 3.66. The predicted octanol–water partition coefficient (Wildman–Crippen LogP) is 4.49. The molecule has 1 atom stereocenters. The zero-order chi connectivity index (χ0) is 15.4. The second-order valence-corrected chi connectivity index (χ2v) is 5.30. The Morgan fingerprint density at radius 3 is 2.24 bits per heavy atom. The van der Waals surface area contributed by atoms with Gasteiger partial charge in [-0.2, -0.15) is 0 Å². The van der Waals surface area contributed by atoms with Gasteiger partial charge in [-0.1, -0.05) is 23.8 Å². The van der Waals surface area contributed by atoms with Crippen LogP contribution in [0.1, 0.15) is 29.7 Å². The van der Waals surface area contributed by atoms with Crippen molar-refractivity contribution in [2.24, 2.45) is 0 Å². The maximum Gasteiger partial charge on any atom is 0.161 e. The summed E-state index contributed by atoms with van der Waals surface area (Å²) in [6.45, 7) is 6.37. The van der Waals surface area contributed by atoms with Crippen molar-refractivity contribution < 1.29 is 9.47 Å². The Balaban J connectivity index is 2.21. The average Bonchev–Trinajstić information content (AvgIpc) is 2.49. The molecule has 2 rings (SSSR count). The van der Waals surface area contributed by atoms with Crippen molar-refractivity contribution in [3.8, 4) is 11.5 Å². The van der Waals surface area contributed by atoms with Crippen LogP contribution in [-0.4, -0.2) is 14.2 Å². The van der Waals surface area contributed by atoms with E-state index in [0.717, 1.165) is 22.7 Å². The molecule has 0 aromatic heterocycles. The van der Waals surface area contributed by atoms with E-state index in [1.165, 1.54) is 11.1 Å². The highest BCUT2D eigenvalue weighted by atomic mass is 16.5. The van der Waals surface area contributed by atoms with Gasteiger partial charge in [0, 0.05) is 11.7 Å². The summed E-state index contributed by atoms with van der Waals surface area (Å²) >= 11 is 0. The summed E-state index contributed by atoms with van der Waals surface area (Å²) in [5, 5.41) is 3.55. The van der Waals surface area contributed by atoms with Crippen LogP contribution in [0.25, 0.3) is 0 Å². The van der Waals surface area contributed by atoms with Gasteiger partial charge in [0.05, 0.1) is 14.2 Å². The minimum absolute atomic E-state index is 0.186. The number of nitrogens with one attached hydrogen (secondary N) is 1. The number of aryl methyl sites for hydroxylation is 2. The maximum absolute atomic E-state index is 5.36. The number of rotatable bonds is 5. The van der Waals surface area contributed by atoms with Gasteiger partial charge in [0.25, 0.3) is 0 Å². The molecule has 3 heteroatoms. The fourth-order valence-electron chi connectivity index (χ4n) is 2.41. The van der Waals surface area contributed by atoms with Gasteiger partial charge in [0.1, 0.15) is 0 Å². The van der Waals surface area contributed by atoms with Gasteiger partial charge in [-0.05, 0) is 50.1 Å². The highest BCUT2D eigenvalue weighted by Gasteiger charge is 2.11. The first kappa shape index (κ1) is 15.2. The lowest BCUT2D eigenvalue weighted by Crippen LogP contribution is -2.08. The van der Waals surface area contributed by atoms with Crippen LogP contribution in [0, 0.1) is 13.8 Å². The van der Waals surface area contributed by atoms with Crippen molar-refractivity contribution in [1.82, 2.24) is 0 Å². The third kappa shape index (κ3) is 3.48. The first-order valence-corrected chi connectivity index (χ1v) is 7.11. The van der Waals surface area contributed by atoms with E-state index < -0.39 is 0 Å². The Morgan fingerprint density at radius 2 is 1.62 bits per heavy atom. The van der Waals surface area contributed by atoms with Crippen molar-refractivity contribution in [3.63, 3.8) is 0 Å². The van der Waals surface area contributed by atoms with Crippen molar-refractivity contribution in [3.05, 3.63) is 53.1 Å². The summed E-state index contributed by atoms with van der Waals surface area (Å²) in [7, 11) is 3.30. The Labute approximate surface area is 126 Å². The van der Waals surface area contributed by atoms with Crippen LogP contribution >= 0.6 is 0 Å². The zero-order valence-electron chi connectivity index (χ0n) is 13.4. The van der Waals surface area contributed by atoms with E-state index in [4.69, 9.17) is 9.47 Å². The molecule has 0 heterocycles. The van der Waals surface area contributed by atoms with Crippen LogP contribution in [0.4, 0.5) is 5.69 Å². The fraction of sp³-hybridized carbons (Fsp3) is 0.333. The summed E-state index contributed by atoms with van der Waals surface area (Å²) in [4.78, 5) is 0. The number of hydrogen-bond acceptors (Lipinski definition) is 3. The Kier molecular flexibility index (Phi) is 4.73. The van der Waals surface area contributed by atoms with Gasteiger partial charge >= 0.3 is 0 Å². The molecule has 2 aromatic rings. The summed E-state index contributed by atoms with van der Waals surface area (Å²) in [5.74, 6) is 1.50. The molecule has 0 amide bonds. The van der Waals surface area contributed by atoms with Crippen LogP contribution in [0.5, 0.6) is 11.5 Å². The van der Waals surface area contributed by atoms with Crippen LogP contribution in [0.2, 0.25) is 0 Å². The first-order valence-electron chi connectivity index (χ1n) is 7.11. The van der Waals surface area contributed by atoms with Gasteiger partial charge in [-0.25, -0.2) is 0 Å². The lowest BCUT2D eigenvalue weighted by atomic mass is 10.1. The third-order valence-corrected chi connectivity index (χ3v) is 3.66. The monoisotopic (exact) mass is 285 g/mol. The molecule has 0 fully saturated rings. The molecular weight excluding hydrogens is 262 g/mol. The van der Waals surface area contributed by atoms with Crippen molar-refractivity contribution >= 4 is 5.69 Å². The number of benzene rings is 2. The minimum Gasteiger partial charge on any atom is -0.493 e. The second kappa shape index (κ2) is 6.53. The molecule has 0 radical (unpaired) electrons. The minimum atomic E-state index is 0.186. The second-order valence-electron chi connectivity index (χ2n) is 5.30. The molecule has 2 aromatic carbocycles. The summed E-state index contributed by atoms with van der Waals surface area (Å²) < 4.78 is 10.6. The molecule has 0 bridgehead atoms. The lowest BCUT2D eigenvalue weighted by Gasteiger charge is -2.19.